The maximum absolute atomic E-state index is 12.7. The molecule has 0 amide bonds. The number of hydrogen-bond donors (Lipinski definition) is 1. The van der Waals surface area contributed by atoms with Gasteiger partial charge in [-0.1, -0.05) is 39.0 Å². The molecule has 2 heterocycles. The van der Waals surface area contributed by atoms with Gasteiger partial charge in [-0.05, 0) is 54.0 Å². The van der Waals surface area contributed by atoms with E-state index in [1.54, 1.807) is 19.1 Å². The van der Waals surface area contributed by atoms with Crippen molar-refractivity contribution in [1.82, 2.24) is 4.90 Å². The second-order valence-corrected chi connectivity index (χ2v) is 8.79. The molecule has 0 saturated carbocycles. The Balaban J connectivity index is 2.08. The van der Waals surface area contributed by atoms with Gasteiger partial charge in [-0.3, -0.25) is 4.99 Å². The molecule has 1 unspecified atom stereocenters. The molecule has 4 nitrogen and oxygen atoms in total. The summed E-state index contributed by atoms with van der Waals surface area (Å²) in [6, 6.07) is 5.24. The van der Waals surface area contributed by atoms with Crippen molar-refractivity contribution in [2.24, 2.45) is 16.8 Å². The zero-order valence-corrected chi connectivity index (χ0v) is 18.8. The summed E-state index contributed by atoms with van der Waals surface area (Å²) >= 11 is 0. The number of aromatic carboxylic acids is 1. The Bertz CT molecular complexity index is 1020. The lowest BCUT2D eigenvalue weighted by molar-refractivity contribution is -0.132. The summed E-state index contributed by atoms with van der Waals surface area (Å²) < 4.78 is 38.2. The maximum Gasteiger partial charge on any atom is 0.390 e. The molecule has 0 saturated heterocycles. The number of allylic oxidation sites excluding steroid dienone is 4. The standard InChI is InChI=1S/C25H29F3N2O2/c1-15(2)19-13-21(29-10-9-25(26,27)28)22-8-5-16(3)11-23(30(22)14-19)18-6-7-20(24(31)32)17(4)12-18/h6-8,11-12,14-16H,5,9-10,13H2,1-4H3,(H,31,32). The second-order valence-electron chi connectivity index (χ2n) is 8.79. The molecule has 2 aliphatic heterocycles. The normalized spacial score (nSPS) is 20.5. The monoisotopic (exact) mass is 446 g/mol. The number of aryl methyl sites for hydroxylation is 1. The number of nitrogens with zero attached hydrogens (tertiary/aromatic N) is 2. The summed E-state index contributed by atoms with van der Waals surface area (Å²) in [4.78, 5) is 17.8. The van der Waals surface area contributed by atoms with Crippen LogP contribution in [0.2, 0.25) is 0 Å². The number of benzene rings is 1. The van der Waals surface area contributed by atoms with E-state index in [9.17, 15) is 23.1 Å². The Hall–Kier alpha value is -2.83. The van der Waals surface area contributed by atoms with Gasteiger partial charge in [0.2, 0.25) is 0 Å². The van der Waals surface area contributed by atoms with E-state index in [1.165, 1.54) is 0 Å². The molecule has 1 aromatic rings. The zero-order chi connectivity index (χ0) is 23.6. The summed E-state index contributed by atoms with van der Waals surface area (Å²) in [7, 11) is 0. The molecule has 2 aliphatic rings. The van der Waals surface area contributed by atoms with Crippen molar-refractivity contribution in [3.05, 3.63) is 64.5 Å². The number of rotatable bonds is 5. The van der Waals surface area contributed by atoms with E-state index in [1.807, 2.05) is 17.0 Å². The Labute approximate surface area is 186 Å². The smallest absolute Gasteiger partial charge is 0.390 e. The minimum absolute atomic E-state index is 0.204. The lowest BCUT2D eigenvalue weighted by atomic mass is 9.92. The number of hydrogen-bond acceptors (Lipinski definition) is 3. The quantitative estimate of drug-likeness (QED) is 0.555. The van der Waals surface area contributed by atoms with Gasteiger partial charge in [0.05, 0.1) is 23.4 Å². The van der Waals surface area contributed by atoms with Gasteiger partial charge in [-0.2, -0.15) is 13.2 Å². The number of alkyl halides is 3. The Kier molecular flexibility index (Phi) is 6.96. The van der Waals surface area contributed by atoms with Crippen molar-refractivity contribution in [3.63, 3.8) is 0 Å². The molecule has 172 valence electrons. The SMILES string of the molecule is Cc1cc(C2=CC(C)CC=C3C(=NCCC(F)(F)F)CC(C(C)C)=CN32)ccc1C(=O)O. The summed E-state index contributed by atoms with van der Waals surface area (Å²) in [6.07, 6.45) is 2.32. The highest BCUT2D eigenvalue weighted by atomic mass is 19.4. The number of fused-ring (bicyclic) bond motifs is 1. The van der Waals surface area contributed by atoms with Crippen LogP contribution in [0.4, 0.5) is 13.2 Å². The average molecular weight is 447 g/mol. The molecule has 7 heteroatoms. The van der Waals surface area contributed by atoms with Crippen molar-refractivity contribution in [3.8, 4) is 0 Å². The fourth-order valence-corrected chi connectivity index (χ4v) is 3.94. The predicted octanol–water partition coefficient (Wildman–Crippen LogP) is 6.60. The lowest BCUT2D eigenvalue weighted by Gasteiger charge is -2.34. The largest absolute Gasteiger partial charge is 0.478 e. The van der Waals surface area contributed by atoms with Crippen LogP contribution in [0.15, 0.2) is 52.8 Å². The molecule has 1 aromatic carbocycles. The Morgan fingerprint density at radius 2 is 2.00 bits per heavy atom. The minimum Gasteiger partial charge on any atom is -0.478 e. The van der Waals surface area contributed by atoms with Crippen LogP contribution in [0, 0.1) is 18.8 Å². The van der Waals surface area contributed by atoms with Crippen molar-refractivity contribution in [1.29, 1.82) is 0 Å². The molecule has 0 aliphatic carbocycles. The Morgan fingerprint density at radius 3 is 2.59 bits per heavy atom. The van der Waals surface area contributed by atoms with Crippen molar-refractivity contribution >= 4 is 17.4 Å². The number of carbonyl (C=O) groups is 1. The summed E-state index contributed by atoms with van der Waals surface area (Å²) in [5.74, 6) is -0.561. The molecule has 0 radical (unpaired) electrons. The molecular formula is C25H29F3N2O2. The van der Waals surface area contributed by atoms with E-state index in [0.29, 0.717) is 17.7 Å². The molecule has 32 heavy (non-hydrogen) atoms. The van der Waals surface area contributed by atoms with Crippen LogP contribution in [-0.4, -0.2) is 34.4 Å². The van der Waals surface area contributed by atoms with E-state index in [-0.39, 0.29) is 23.9 Å². The van der Waals surface area contributed by atoms with Gasteiger partial charge < -0.3 is 10.0 Å². The van der Waals surface area contributed by atoms with Gasteiger partial charge in [0, 0.05) is 24.9 Å². The fourth-order valence-electron chi connectivity index (χ4n) is 3.94. The predicted molar refractivity (Wildman–Crippen MR) is 120 cm³/mol. The first-order chi connectivity index (χ1) is 15.0. The highest BCUT2D eigenvalue weighted by molar-refractivity contribution is 6.04. The highest BCUT2D eigenvalue weighted by Gasteiger charge is 2.30. The van der Waals surface area contributed by atoms with Gasteiger partial charge in [0.15, 0.2) is 0 Å². The van der Waals surface area contributed by atoms with E-state index in [4.69, 9.17) is 0 Å². The first kappa shape index (κ1) is 23.8. The van der Waals surface area contributed by atoms with Gasteiger partial charge in [-0.15, -0.1) is 0 Å². The number of aliphatic imine (C=N–C) groups is 1. The fraction of sp³-hybridized carbons (Fsp3) is 0.440. The minimum atomic E-state index is -4.24. The summed E-state index contributed by atoms with van der Waals surface area (Å²) in [5.41, 5.74) is 5.23. The first-order valence-corrected chi connectivity index (χ1v) is 10.8. The van der Waals surface area contributed by atoms with Gasteiger partial charge in [-0.25, -0.2) is 4.79 Å². The van der Waals surface area contributed by atoms with Crippen LogP contribution in [0.25, 0.3) is 5.70 Å². The van der Waals surface area contributed by atoms with Gasteiger partial charge in [0.1, 0.15) is 0 Å². The summed E-state index contributed by atoms with van der Waals surface area (Å²) in [6.45, 7) is 7.67. The van der Waals surface area contributed by atoms with Gasteiger partial charge in [0.25, 0.3) is 0 Å². The van der Waals surface area contributed by atoms with Crippen molar-refractivity contribution < 1.29 is 23.1 Å². The van der Waals surface area contributed by atoms with Crippen LogP contribution in [-0.2, 0) is 0 Å². The molecule has 3 rings (SSSR count). The molecule has 0 spiro atoms. The van der Waals surface area contributed by atoms with Gasteiger partial charge >= 0.3 is 12.1 Å². The molecular weight excluding hydrogens is 417 g/mol. The second kappa shape index (κ2) is 9.35. The third-order valence-electron chi connectivity index (χ3n) is 5.80. The first-order valence-electron chi connectivity index (χ1n) is 10.8. The maximum atomic E-state index is 12.7. The van der Waals surface area contributed by atoms with E-state index >= 15 is 0 Å². The molecule has 0 aromatic heterocycles. The van der Waals surface area contributed by atoms with Crippen molar-refractivity contribution in [2.45, 2.75) is 53.1 Å². The number of carboxylic acid groups (broad SMARTS) is 1. The van der Waals surface area contributed by atoms with Crippen molar-refractivity contribution in [2.75, 3.05) is 6.54 Å². The van der Waals surface area contributed by atoms with Crippen LogP contribution >= 0.6 is 0 Å². The Morgan fingerprint density at radius 1 is 1.28 bits per heavy atom. The third kappa shape index (κ3) is 5.50. The van der Waals surface area contributed by atoms with Crippen LogP contribution in [0.3, 0.4) is 0 Å². The van der Waals surface area contributed by atoms with E-state index in [2.05, 4.69) is 38.0 Å². The van der Waals surface area contributed by atoms with Crippen LogP contribution < -0.4 is 0 Å². The van der Waals surface area contributed by atoms with Crippen LogP contribution in [0.5, 0.6) is 0 Å². The number of carboxylic acids is 1. The number of halogens is 3. The highest BCUT2D eigenvalue weighted by Crippen LogP contribution is 2.37. The average Bonchev–Trinajstić information content (AvgIpc) is 2.85. The van der Waals surface area contributed by atoms with Crippen LogP contribution in [0.1, 0.15) is 61.5 Å². The molecule has 0 bridgehead atoms. The summed E-state index contributed by atoms with van der Waals surface area (Å²) in [5, 5.41) is 9.37. The molecule has 1 N–H and O–H groups in total. The van der Waals surface area contributed by atoms with E-state index in [0.717, 1.165) is 29.0 Å². The molecule has 0 fully saturated rings. The molecule has 1 atom stereocenters. The zero-order valence-electron chi connectivity index (χ0n) is 18.8. The van der Waals surface area contributed by atoms with E-state index < -0.39 is 18.6 Å². The topological polar surface area (TPSA) is 52.9 Å². The lowest BCUT2D eigenvalue weighted by Crippen LogP contribution is -2.28. The third-order valence-corrected chi connectivity index (χ3v) is 5.80.